The number of unbranched alkanes of at least 4 members (excludes halogenated alkanes) is 17. The third-order valence-electron chi connectivity index (χ3n) is 7.42. The van der Waals surface area contributed by atoms with Crippen molar-refractivity contribution in [1.82, 2.24) is 0 Å². The molecule has 0 aliphatic rings. The van der Waals surface area contributed by atoms with Crippen LogP contribution in [0.2, 0.25) is 0 Å². The maximum absolute atomic E-state index is 12.5. The van der Waals surface area contributed by atoms with Crippen molar-refractivity contribution < 1.29 is 47.8 Å². The third kappa shape index (κ3) is 31.1. The molecule has 0 aromatic rings. The molecule has 0 radical (unpaired) electrons. The molecule has 0 aliphatic heterocycles. The highest BCUT2D eigenvalue weighted by Gasteiger charge is 2.27. The first-order valence-corrected chi connectivity index (χ1v) is 19.1. The van der Waals surface area contributed by atoms with Gasteiger partial charge in [-0.1, -0.05) is 116 Å². The predicted molar refractivity (Wildman–Crippen MR) is 178 cm³/mol. The lowest BCUT2D eigenvalue weighted by Gasteiger charge is -2.20. The molecule has 0 spiro atoms. The highest BCUT2D eigenvalue weighted by Crippen LogP contribution is 2.43. The first-order chi connectivity index (χ1) is 21.7. The fraction of sp³-hybridized carbons (Fsp3) is 0.882. The van der Waals surface area contributed by atoms with Crippen LogP contribution in [0.25, 0.3) is 0 Å². The van der Waals surface area contributed by atoms with Crippen LogP contribution in [0.15, 0.2) is 12.2 Å². The minimum absolute atomic E-state index is 0.177. The molecule has 1 unspecified atom stereocenters. The molecule has 0 aromatic carbocycles. The van der Waals surface area contributed by atoms with Crippen LogP contribution in [0, 0.1) is 0 Å². The van der Waals surface area contributed by atoms with Crippen molar-refractivity contribution in [3.8, 4) is 0 Å². The molecule has 0 rings (SSSR count). The molecule has 0 saturated carbocycles. The Hall–Kier alpha value is -1.29. The van der Waals surface area contributed by atoms with Crippen LogP contribution >= 0.6 is 7.82 Å². The van der Waals surface area contributed by atoms with Crippen LogP contribution in [0.4, 0.5) is 0 Å². The van der Waals surface area contributed by atoms with Gasteiger partial charge in [-0.15, -0.1) is 0 Å². The number of ether oxygens (including phenoxy) is 2. The highest BCUT2D eigenvalue weighted by atomic mass is 31.2. The van der Waals surface area contributed by atoms with E-state index in [0.29, 0.717) is 12.8 Å². The number of esters is 2. The second kappa shape index (κ2) is 31.3. The summed E-state index contributed by atoms with van der Waals surface area (Å²) in [5.74, 6) is -0.940. The molecule has 0 amide bonds. The molecule has 0 heterocycles. The number of hydrogen-bond acceptors (Lipinski definition) is 9. The lowest BCUT2D eigenvalue weighted by Crippen LogP contribution is -2.29. The molecule has 0 saturated heterocycles. The van der Waals surface area contributed by atoms with Gasteiger partial charge in [0.1, 0.15) is 12.7 Å². The van der Waals surface area contributed by atoms with E-state index in [1.165, 1.54) is 57.8 Å². The lowest BCUT2D eigenvalue weighted by molar-refractivity contribution is -0.161. The molecular weight excluding hydrogens is 599 g/mol. The number of phosphoric ester groups is 1. The number of aliphatic hydroxyl groups is 2. The zero-order valence-electron chi connectivity index (χ0n) is 28.3. The molecule has 3 N–H and O–H groups in total. The highest BCUT2D eigenvalue weighted by molar-refractivity contribution is 7.47. The molecular formula is C34H65O10P. The van der Waals surface area contributed by atoms with E-state index in [1.807, 2.05) is 0 Å². The maximum atomic E-state index is 12.5. The van der Waals surface area contributed by atoms with Crippen molar-refractivity contribution >= 4 is 19.8 Å². The topological polar surface area (TPSA) is 149 Å². The van der Waals surface area contributed by atoms with Gasteiger partial charge in [0.05, 0.1) is 19.8 Å². The Morgan fingerprint density at radius 2 is 1.09 bits per heavy atom. The Kier molecular flexibility index (Phi) is 30.4. The summed E-state index contributed by atoms with van der Waals surface area (Å²) in [4.78, 5) is 34.6. The van der Waals surface area contributed by atoms with Gasteiger partial charge in [-0.05, 0) is 38.5 Å². The summed E-state index contributed by atoms with van der Waals surface area (Å²) in [5, 5.41) is 18.2. The number of carbonyl (C=O) groups is 2. The first-order valence-electron chi connectivity index (χ1n) is 17.6. The van der Waals surface area contributed by atoms with Crippen LogP contribution in [-0.2, 0) is 32.7 Å². The van der Waals surface area contributed by atoms with E-state index >= 15 is 0 Å². The first kappa shape index (κ1) is 43.7. The van der Waals surface area contributed by atoms with Gasteiger partial charge in [-0.2, -0.15) is 0 Å². The standard InChI is InChI=1S/C34H65O10P/c1-3-5-7-9-11-12-13-14-15-16-17-18-20-22-24-26-34(38)44-32(30-43-45(39,40)42-28-31(36)27-35)29-41-33(37)25-23-21-19-10-8-6-4-2/h14-15,31-32,35-36H,3-13,16-30H2,1-2H3,(H,39,40)/b15-14+/t31-,32+/m0/s1. The second-order valence-corrected chi connectivity index (χ2v) is 13.4. The van der Waals surface area contributed by atoms with Crippen molar-refractivity contribution in [2.45, 2.75) is 167 Å². The maximum Gasteiger partial charge on any atom is 0.472 e. The summed E-state index contributed by atoms with van der Waals surface area (Å²) in [6.07, 6.45) is 24.9. The average molecular weight is 665 g/mol. The van der Waals surface area contributed by atoms with Gasteiger partial charge in [0.2, 0.25) is 0 Å². The van der Waals surface area contributed by atoms with E-state index in [1.54, 1.807) is 0 Å². The zero-order chi connectivity index (χ0) is 33.4. The van der Waals surface area contributed by atoms with Crippen LogP contribution in [0.3, 0.4) is 0 Å². The summed E-state index contributed by atoms with van der Waals surface area (Å²) in [6, 6.07) is 0. The Balaban J connectivity index is 4.36. The van der Waals surface area contributed by atoms with Gasteiger partial charge < -0.3 is 24.6 Å². The second-order valence-electron chi connectivity index (χ2n) is 11.9. The van der Waals surface area contributed by atoms with Gasteiger partial charge in [-0.25, -0.2) is 4.57 Å². The van der Waals surface area contributed by atoms with Gasteiger partial charge in [0.15, 0.2) is 6.10 Å². The zero-order valence-corrected chi connectivity index (χ0v) is 29.2. The molecule has 10 nitrogen and oxygen atoms in total. The van der Waals surface area contributed by atoms with E-state index in [4.69, 9.17) is 19.1 Å². The fourth-order valence-corrected chi connectivity index (χ4v) is 5.42. The summed E-state index contributed by atoms with van der Waals surface area (Å²) >= 11 is 0. The molecule has 45 heavy (non-hydrogen) atoms. The van der Waals surface area contributed by atoms with Gasteiger partial charge in [0.25, 0.3) is 0 Å². The summed E-state index contributed by atoms with van der Waals surface area (Å²) in [5.41, 5.74) is 0. The van der Waals surface area contributed by atoms with E-state index < -0.39 is 51.8 Å². The minimum Gasteiger partial charge on any atom is -0.462 e. The van der Waals surface area contributed by atoms with E-state index in [-0.39, 0.29) is 19.4 Å². The van der Waals surface area contributed by atoms with E-state index in [2.05, 4.69) is 30.5 Å². The summed E-state index contributed by atoms with van der Waals surface area (Å²) in [7, 11) is -4.60. The van der Waals surface area contributed by atoms with Gasteiger partial charge in [0, 0.05) is 12.8 Å². The molecule has 0 aliphatic carbocycles. The predicted octanol–water partition coefficient (Wildman–Crippen LogP) is 8.11. The summed E-state index contributed by atoms with van der Waals surface area (Å²) in [6.45, 7) is 2.29. The smallest absolute Gasteiger partial charge is 0.462 e. The van der Waals surface area contributed by atoms with E-state index in [0.717, 1.165) is 57.8 Å². The molecule has 0 aromatic heterocycles. The molecule has 3 atom stereocenters. The monoisotopic (exact) mass is 664 g/mol. The Morgan fingerprint density at radius 3 is 1.60 bits per heavy atom. The van der Waals surface area contributed by atoms with Crippen LogP contribution < -0.4 is 0 Å². The van der Waals surface area contributed by atoms with Crippen LogP contribution in [0.5, 0.6) is 0 Å². The largest absolute Gasteiger partial charge is 0.472 e. The number of phosphoric acid groups is 1. The fourth-order valence-electron chi connectivity index (χ4n) is 4.63. The van der Waals surface area contributed by atoms with Crippen molar-refractivity contribution in [3.05, 3.63) is 12.2 Å². The quantitative estimate of drug-likeness (QED) is 0.0272. The molecule has 0 fully saturated rings. The van der Waals surface area contributed by atoms with Crippen molar-refractivity contribution in [1.29, 1.82) is 0 Å². The third-order valence-corrected chi connectivity index (χ3v) is 8.37. The molecule has 0 bridgehead atoms. The Bertz CT molecular complexity index is 776. The Morgan fingerprint density at radius 1 is 0.644 bits per heavy atom. The SMILES string of the molecule is CCCCCCCC/C=C/CCCCCCCC(=O)O[C@H](COC(=O)CCCCCCCCC)COP(=O)(O)OC[C@@H](O)CO. The molecule has 11 heteroatoms. The van der Waals surface area contributed by atoms with Crippen LogP contribution in [0.1, 0.15) is 155 Å². The van der Waals surface area contributed by atoms with Gasteiger partial charge in [-0.3, -0.25) is 18.6 Å². The van der Waals surface area contributed by atoms with E-state index in [9.17, 15) is 24.2 Å². The average Bonchev–Trinajstić information content (AvgIpc) is 3.02. The number of allylic oxidation sites excluding steroid dienone is 2. The normalized spacial score (nSPS) is 14.3. The Labute approximate surface area is 273 Å². The lowest BCUT2D eigenvalue weighted by atomic mass is 10.1. The van der Waals surface area contributed by atoms with Crippen LogP contribution in [-0.4, -0.2) is 65.7 Å². The number of aliphatic hydroxyl groups excluding tert-OH is 2. The van der Waals surface area contributed by atoms with Crippen molar-refractivity contribution in [2.24, 2.45) is 0 Å². The summed E-state index contributed by atoms with van der Waals surface area (Å²) < 4.78 is 32.4. The minimum atomic E-state index is -4.60. The number of rotatable bonds is 33. The van der Waals surface area contributed by atoms with Crippen molar-refractivity contribution in [3.63, 3.8) is 0 Å². The molecule has 266 valence electrons. The van der Waals surface area contributed by atoms with Gasteiger partial charge >= 0.3 is 19.8 Å². The number of hydrogen-bond donors (Lipinski definition) is 3. The number of carbonyl (C=O) groups excluding carboxylic acids is 2. The van der Waals surface area contributed by atoms with Crippen molar-refractivity contribution in [2.75, 3.05) is 26.4 Å².